The molecule has 7 heteroatoms. The van der Waals surface area contributed by atoms with E-state index in [1.165, 1.54) is 16.8 Å². The zero-order valence-corrected chi connectivity index (χ0v) is 10.8. The minimum atomic E-state index is -4.57. The Morgan fingerprint density at radius 2 is 2.05 bits per heavy atom. The van der Waals surface area contributed by atoms with E-state index >= 15 is 0 Å². The Morgan fingerprint density at radius 1 is 1.40 bits per heavy atom. The van der Waals surface area contributed by atoms with E-state index in [0.717, 1.165) is 12.3 Å². The van der Waals surface area contributed by atoms with Crippen molar-refractivity contribution < 1.29 is 23.1 Å². The second-order valence-corrected chi connectivity index (χ2v) is 4.73. The molecule has 1 N–H and O–H groups in total. The van der Waals surface area contributed by atoms with Gasteiger partial charge in [0.2, 0.25) is 0 Å². The van der Waals surface area contributed by atoms with E-state index < -0.39 is 24.0 Å². The number of alkyl halides is 3. The normalized spacial score (nSPS) is 15.2. The topological polar surface area (TPSA) is 55.1 Å². The van der Waals surface area contributed by atoms with Gasteiger partial charge in [-0.25, -0.2) is 0 Å². The van der Waals surface area contributed by atoms with Crippen LogP contribution < -0.4 is 0 Å². The molecule has 2 unspecified atom stereocenters. The molecule has 0 radical (unpaired) electrons. The Labute approximate surface area is 112 Å². The molecule has 0 saturated carbocycles. The summed E-state index contributed by atoms with van der Waals surface area (Å²) in [5.41, 5.74) is 0.724. The van der Waals surface area contributed by atoms with E-state index in [1.54, 1.807) is 19.3 Å². The van der Waals surface area contributed by atoms with E-state index in [-0.39, 0.29) is 5.56 Å². The van der Waals surface area contributed by atoms with Crippen LogP contribution in [0.3, 0.4) is 0 Å². The Kier molecular flexibility index (Phi) is 3.45. The molecule has 2 atom stereocenters. The second-order valence-electron chi connectivity index (χ2n) is 4.73. The van der Waals surface area contributed by atoms with Crippen LogP contribution in [0, 0.1) is 5.92 Å². The fourth-order valence-electron chi connectivity index (χ4n) is 2.19. The molecule has 0 amide bonds. The first-order valence-corrected chi connectivity index (χ1v) is 5.93. The van der Waals surface area contributed by atoms with Gasteiger partial charge in [-0.3, -0.25) is 9.48 Å². The van der Waals surface area contributed by atoms with Gasteiger partial charge < -0.3 is 5.11 Å². The number of carbonyl (C=O) groups is 1. The molecular weight excluding hydrogens is 273 g/mol. The highest BCUT2D eigenvalue weighted by atomic mass is 19.4. The van der Waals surface area contributed by atoms with Crippen LogP contribution in [0.25, 0.3) is 10.9 Å². The van der Waals surface area contributed by atoms with Crippen LogP contribution in [-0.4, -0.2) is 27.0 Å². The van der Waals surface area contributed by atoms with Crippen LogP contribution in [0.5, 0.6) is 0 Å². The molecule has 2 rings (SSSR count). The van der Waals surface area contributed by atoms with Gasteiger partial charge >= 0.3 is 12.1 Å². The molecule has 0 bridgehead atoms. The summed E-state index contributed by atoms with van der Waals surface area (Å²) in [6.45, 7) is 0.881. The molecule has 4 nitrogen and oxygen atoms in total. The predicted molar refractivity (Wildman–Crippen MR) is 66.3 cm³/mol. The fourth-order valence-corrected chi connectivity index (χ4v) is 2.19. The number of carboxylic acids is 1. The number of carboxylic acid groups (broad SMARTS) is 1. The third-order valence-corrected chi connectivity index (χ3v) is 3.41. The quantitative estimate of drug-likeness (QED) is 0.943. The molecule has 0 aliphatic heterocycles. The van der Waals surface area contributed by atoms with Crippen molar-refractivity contribution in [3.8, 4) is 0 Å². The van der Waals surface area contributed by atoms with Gasteiger partial charge in [0.25, 0.3) is 0 Å². The number of aromatic nitrogens is 2. The van der Waals surface area contributed by atoms with Crippen molar-refractivity contribution in [2.24, 2.45) is 13.0 Å². The van der Waals surface area contributed by atoms with E-state index in [2.05, 4.69) is 5.10 Å². The number of aryl methyl sites for hydroxylation is 1. The molecule has 20 heavy (non-hydrogen) atoms. The number of nitrogens with zero attached hydrogens (tertiary/aromatic N) is 2. The number of aliphatic carboxylic acids is 1. The molecule has 1 aromatic heterocycles. The third-order valence-electron chi connectivity index (χ3n) is 3.41. The molecule has 0 fully saturated rings. The van der Waals surface area contributed by atoms with E-state index in [9.17, 15) is 18.0 Å². The average molecular weight is 286 g/mol. The van der Waals surface area contributed by atoms with Gasteiger partial charge in [0.1, 0.15) is 0 Å². The van der Waals surface area contributed by atoms with E-state index in [4.69, 9.17) is 5.11 Å². The highest BCUT2D eigenvalue weighted by Crippen LogP contribution is 2.38. The van der Waals surface area contributed by atoms with Gasteiger partial charge in [-0.05, 0) is 11.6 Å². The smallest absolute Gasteiger partial charge is 0.392 e. The first kappa shape index (κ1) is 14.4. The highest BCUT2D eigenvalue weighted by molar-refractivity contribution is 5.83. The Hall–Kier alpha value is -2.05. The zero-order valence-electron chi connectivity index (χ0n) is 10.8. The Balaban J connectivity index is 2.52. The van der Waals surface area contributed by atoms with Crippen molar-refractivity contribution in [3.63, 3.8) is 0 Å². The lowest BCUT2D eigenvalue weighted by molar-refractivity contribution is -0.183. The van der Waals surface area contributed by atoms with Crippen LogP contribution in [0.1, 0.15) is 18.4 Å². The molecule has 0 aliphatic carbocycles. The number of benzene rings is 1. The third kappa shape index (κ3) is 2.48. The van der Waals surface area contributed by atoms with Crippen molar-refractivity contribution >= 4 is 16.9 Å². The van der Waals surface area contributed by atoms with Crippen molar-refractivity contribution in [3.05, 3.63) is 30.0 Å². The summed E-state index contributed by atoms with van der Waals surface area (Å²) in [7, 11) is 1.65. The molecule has 0 saturated heterocycles. The lowest BCUT2D eigenvalue weighted by atomic mass is 9.86. The van der Waals surface area contributed by atoms with E-state index in [1.807, 2.05) is 0 Å². The monoisotopic (exact) mass is 286 g/mol. The van der Waals surface area contributed by atoms with Gasteiger partial charge in [0, 0.05) is 12.4 Å². The fraction of sp³-hybridized carbons (Fsp3) is 0.385. The zero-order chi connectivity index (χ0) is 15.1. The molecule has 1 aromatic carbocycles. The van der Waals surface area contributed by atoms with Crippen molar-refractivity contribution in [1.82, 2.24) is 9.78 Å². The van der Waals surface area contributed by atoms with Gasteiger partial charge in [0.05, 0.1) is 23.5 Å². The number of hydrogen-bond acceptors (Lipinski definition) is 2. The highest BCUT2D eigenvalue weighted by Gasteiger charge is 2.45. The summed E-state index contributed by atoms with van der Waals surface area (Å²) in [6.07, 6.45) is -2.99. The first-order valence-electron chi connectivity index (χ1n) is 5.93. The summed E-state index contributed by atoms with van der Waals surface area (Å²) in [5, 5.41) is 13.9. The van der Waals surface area contributed by atoms with Crippen LogP contribution >= 0.6 is 0 Å². The predicted octanol–water partition coefficient (Wildman–Crippen LogP) is 2.94. The number of hydrogen-bond donors (Lipinski definition) is 1. The molecule has 108 valence electrons. The average Bonchev–Trinajstić information content (AvgIpc) is 2.70. The summed E-state index contributed by atoms with van der Waals surface area (Å²) >= 11 is 0. The van der Waals surface area contributed by atoms with Crippen molar-refractivity contribution in [2.45, 2.75) is 19.0 Å². The van der Waals surface area contributed by atoms with Gasteiger partial charge in [-0.1, -0.05) is 19.1 Å². The van der Waals surface area contributed by atoms with Gasteiger partial charge in [-0.2, -0.15) is 18.3 Å². The second kappa shape index (κ2) is 4.81. The maximum absolute atomic E-state index is 12.8. The standard InChI is InChI=1S/C13H13F3N2O2/c1-7(13(14,15)16)11(12(19)20)8-3-4-9-6-17-18(2)10(9)5-8/h3-7,11H,1-2H3,(H,19,20). The van der Waals surface area contributed by atoms with Crippen LogP contribution in [0.2, 0.25) is 0 Å². The molecule has 0 aliphatic rings. The summed E-state index contributed by atoms with van der Waals surface area (Å²) in [4.78, 5) is 11.2. The molecule has 1 heterocycles. The van der Waals surface area contributed by atoms with Gasteiger partial charge in [-0.15, -0.1) is 0 Å². The maximum atomic E-state index is 12.8. The number of fused-ring (bicyclic) bond motifs is 1. The lowest BCUT2D eigenvalue weighted by Crippen LogP contribution is -2.31. The molecule has 0 spiro atoms. The molecular formula is C13H13F3N2O2. The largest absolute Gasteiger partial charge is 0.481 e. The maximum Gasteiger partial charge on any atom is 0.392 e. The van der Waals surface area contributed by atoms with E-state index in [0.29, 0.717) is 5.52 Å². The Morgan fingerprint density at radius 3 is 2.60 bits per heavy atom. The van der Waals surface area contributed by atoms with Crippen molar-refractivity contribution in [2.75, 3.05) is 0 Å². The van der Waals surface area contributed by atoms with Gasteiger partial charge in [0.15, 0.2) is 0 Å². The Bertz CT molecular complexity index is 649. The van der Waals surface area contributed by atoms with Crippen LogP contribution in [0.4, 0.5) is 13.2 Å². The van der Waals surface area contributed by atoms with Crippen LogP contribution in [0.15, 0.2) is 24.4 Å². The number of rotatable bonds is 3. The summed E-state index contributed by atoms with van der Waals surface area (Å²) < 4.78 is 39.9. The SMILES string of the molecule is CC(C(C(=O)O)c1ccc2cnn(C)c2c1)C(F)(F)F. The minimum Gasteiger partial charge on any atom is -0.481 e. The lowest BCUT2D eigenvalue weighted by Gasteiger charge is -2.23. The van der Waals surface area contributed by atoms with Crippen LogP contribution in [-0.2, 0) is 11.8 Å². The summed E-state index contributed by atoms with van der Waals surface area (Å²) in [5.74, 6) is -5.09. The minimum absolute atomic E-state index is 0.124. The molecule has 2 aromatic rings. The summed E-state index contributed by atoms with van der Waals surface area (Å²) in [6, 6.07) is 4.44. The number of halogens is 3. The first-order chi connectivity index (χ1) is 9.21. The van der Waals surface area contributed by atoms with Crippen molar-refractivity contribution in [1.29, 1.82) is 0 Å².